The average molecular weight is 210 g/mol. The van der Waals surface area contributed by atoms with Crippen LogP contribution >= 0.6 is 0 Å². The molecule has 0 saturated carbocycles. The van der Waals surface area contributed by atoms with Gasteiger partial charge in [-0.05, 0) is 0 Å². The summed E-state index contributed by atoms with van der Waals surface area (Å²) in [5.41, 5.74) is 0. The molecule has 0 unspecified atom stereocenters. The zero-order chi connectivity index (χ0) is 8.69. The molecule has 61 valence electrons. The van der Waals surface area contributed by atoms with Crippen LogP contribution in [0, 0.1) is 0 Å². The van der Waals surface area contributed by atoms with Gasteiger partial charge in [0.2, 0.25) is 0 Å². The molecule has 0 amide bonds. The fourth-order valence-electron chi connectivity index (χ4n) is 0.246. The molecule has 12 heavy (non-hydrogen) atoms. The van der Waals surface area contributed by atoms with Crippen LogP contribution in [0.4, 0.5) is 0 Å². The third kappa shape index (κ3) is 7.96. The Morgan fingerprint density at radius 3 is 1.58 bits per heavy atom. The van der Waals surface area contributed by atoms with Gasteiger partial charge in [0, 0.05) is 0 Å². The van der Waals surface area contributed by atoms with Crippen LogP contribution in [0.25, 0.3) is 0 Å². The fourth-order valence-corrected chi connectivity index (χ4v) is 0.246. The predicted molar refractivity (Wildman–Crippen MR) is 27.6 cm³/mol. The van der Waals surface area contributed by atoms with Gasteiger partial charge < -0.3 is 0 Å². The summed E-state index contributed by atoms with van der Waals surface area (Å²) in [6.07, 6.45) is 0. The van der Waals surface area contributed by atoms with E-state index in [1.807, 2.05) is 0 Å². The van der Waals surface area contributed by atoms with E-state index >= 15 is 0 Å². The van der Waals surface area contributed by atoms with Crippen molar-refractivity contribution in [2.75, 3.05) is 0 Å². The van der Waals surface area contributed by atoms with Crippen molar-refractivity contribution in [1.29, 1.82) is 0 Å². The zero-order valence-electron chi connectivity index (χ0n) is 5.55. The standard InChI is InChI=1S/B4O7.Mn/c5-1-9-3(7)11-4(8)10-2-6;/q-2;+2. The minimum absolute atomic E-state index is 0. The summed E-state index contributed by atoms with van der Waals surface area (Å²) in [5, 5.41) is 20.3. The molecule has 0 aromatic heterocycles. The van der Waals surface area contributed by atoms with Crippen LogP contribution in [0.5, 0.6) is 0 Å². The molecule has 0 spiro atoms. The molecule has 0 rings (SSSR count). The maximum atomic E-state index is 10.1. The first-order chi connectivity index (χ1) is 5.20. The minimum atomic E-state index is -2.27. The van der Waals surface area contributed by atoms with E-state index in [0.29, 0.717) is 0 Å². The maximum absolute atomic E-state index is 10.1. The summed E-state index contributed by atoms with van der Waals surface area (Å²) < 4.78 is 29.8. The maximum Gasteiger partial charge on any atom is 2.00 e. The quantitative estimate of drug-likeness (QED) is 0.407. The summed E-state index contributed by atoms with van der Waals surface area (Å²) >= 11 is 0. The van der Waals surface area contributed by atoms with Gasteiger partial charge in [-0.15, -0.1) is 0 Å². The molecule has 0 heterocycles. The van der Waals surface area contributed by atoms with E-state index in [1.54, 1.807) is 0 Å². The molecule has 0 fully saturated rings. The molecular weight excluding hydrogens is 210 g/mol. The smallest absolute Gasteiger partial charge is 2.00 e. The van der Waals surface area contributed by atoms with Crippen molar-refractivity contribution in [1.82, 2.24) is 0 Å². The van der Waals surface area contributed by atoms with E-state index in [2.05, 4.69) is 13.7 Å². The zero-order valence-corrected chi connectivity index (χ0v) is 6.73. The van der Waals surface area contributed by atoms with Crippen LogP contribution in [-0.2, 0) is 40.2 Å². The van der Waals surface area contributed by atoms with E-state index in [-0.39, 0.29) is 31.8 Å². The molecule has 0 bridgehead atoms. The topological polar surface area (TPSA) is 108 Å². The second-order valence-electron chi connectivity index (χ2n) is 1.18. The molecular formula is B4MnO7. The van der Waals surface area contributed by atoms with E-state index in [4.69, 9.17) is 0 Å². The molecule has 0 N–H and O–H groups in total. The largest absolute Gasteiger partial charge is 2.00 e. The van der Waals surface area contributed by atoms with Gasteiger partial charge in [0.15, 0.2) is 0 Å². The van der Waals surface area contributed by atoms with Crippen LogP contribution in [0.1, 0.15) is 0 Å². The number of rotatable bonds is 6. The molecule has 0 aliphatic rings. The molecule has 0 aliphatic carbocycles. The predicted octanol–water partition coefficient (Wildman–Crippen LogP) is -4.35. The minimum Gasteiger partial charge on any atom is 2.00 e. The third-order valence-corrected chi connectivity index (χ3v) is 0.556. The van der Waals surface area contributed by atoms with Gasteiger partial charge in [-0.1, -0.05) is 0 Å². The molecule has 12 heteroatoms. The Bertz CT molecular complexity index is 115. The molecule has 0 aliphatic heterocycles. The van der Waals surface area contributed by atoms with Crippen molar-refractivity contribution in [2.24, 2.45) is 0 Å². The summed E-state index contributed by atoms with van der Waals surface area (Å²) in [7, 11) is -4.92. The Morgan fingerprint density at radius 1 is 1.00 bits per heavy atom. The normalized spacial score (nSPS) is 6.83. The average Bonchev–Trinajstić information content (AvgIpc) is 1.87. The van der Waals surface area contributed by atoms with E-state index in [1.165, 1.54) is 0 Å². The van der Waals surface area contributed by atoms with Crippen LogP contribution < -0.4 is 10.0 Å². The molecule has 0 aromatic rings. The van der Waals surface area contributed by atoms with Gasteiger partial charge >= 0.3 is 79.6 Å². The van der Waals surface area contributed by atoms with E-state index in [0.717, 1.165) is 0 Å². The van der Waals surface area contributed by atoms with E-state index < -0.39 is 14.6 Å². The third-order valence-electron chi connectivity index (χ3n) is 0.556. The molecule has 7 nitrogen and oxygen atoms in total. The van der Waals surface area contributed by atoms with Gasteiger partial charge in [0.1, 0.15) is 0 Å². The first-order valence-electron chi connectivity index (χ1n) is 2.36. The van der Waals surface area contributed by atoms with E-state index in [9.17, 15) is 19.5 Å². The first kappa shape index (κ1) is 14.4. The second-order valence-corrected chi connectivity index (χ2v) is 1.18. The fraction of sp³-hybridized carbons (Fsp3) is 0. The SMILES string of the molecule is O=BOB([O-])OB([O-])OB=O.[Mn+2]. The first-order valence-corrected chi connectivity index (χ1v) is 2.36. The Kier molecular flexibility index (Phi) is 10.7. The van der Waals surface area contributed by atoms with Crippen LogP contribution in [-0.4, -0.2) is 29.3 Å². The van der Waals surface area contributed by atoms with Crippen molar-refractivity contribution in [3.05, 3.63) is 0 Å². The van der Waals surface area contributed by atoms with Gasteiger partial charge in [0.25, 0.3) is 0 Å². The molecule has 1 radical (unpaired) electrons. The Labute approximate surface area is 80.2 Å². The van der Waals surface area contributed by atoms with Gasteiger partial charge in [-0.3, -0.25) is 0 Å². The van der Waals surface area contributed by atoms with Gasteiger partial charge in [-0.25, -0.2) is 0 Å². The number of hydrogen-bond donors (Lipinski definition) is 0. The number of hydrogen-bond acceptors (Lipinski definition) is 7. The summed E-state index contributed by atoms with van der Waals surface area (Å²) in [4.78, 5) is 0. The molecule has 0 atom stereocenters. The van der Waals surface area contributed by atoms with Gasteiger partial charge in [-0.2, -0.15) is 0 Å². The summed E-state index contributed by atoms with van der Waals surface area (Å²) in [6, 6.07) is 0. The summed E-state index contributed by atoms with van der Waals surface area (Å²) in [5.74, 6) is 0. The van der Waals surface area contributed by atoms with Gasteiger partial charge in [0.05, 0.1) is 0 Å². The van der Waals surface area contributed by atoms with Crippen molar-refractivity contribution in [3.63, 3.8) is 0 Å². The van der Waals surface area contributed by atoms with Crippen molar-refractivity contribution in [2.45, 2.75) is 0 Å². The Balaban J connectivity index is 0. The van der Waals surface area contributed by atoms with Crippen molar-refractivity contribution < 1.29 is 50.2 Å². The molecule has 0 saturated heterocycles. The van der Waals surface area contributed by atoms with Crippen LogP contribution in [0.3, 0.4) is 0 Å². The van der Waals surface area contributed by atoms with Crippen molar-refractivity contribution in [3.8, 4) is 0 Å². The monoisotopic (exact) mass is 211 g/mol. The second kappa shape index (κ2) is 8.95. The van der Waals surface area contributed by atoms with Crippen molar-refractivity contribution >= 4 is 29.3 Å². The van der Waals surface area contributed by atoms with Crippen LogP contribution in [0.2, 0.25) is 0 Å². The Hall–Kier alpha value is -0.141. The van der Waals surface area contributed by atoms with Crippen LogP contribution in [0.15, 0.2) is 0 Å². The molecule has 0 aromatic carbocycles. The summed E-state index contributed by atoms with van der Waals surface area (Å²) in [6.45, 7) is 0. The Morgan fingerprint density at radius 2 is 1.33 bits per heavy atom.